The highest BCUT2D eigenvalue weighted by molar-refractivity contribution is 8.14. The summed E-state index contributed by atoms with van der Waals surface area (Å²) in [5.74, 6) is 0.256. The molecule has 0 aromatic heterocycles. The van der Waals surface area contributed by atoms with Gasteiger partial charge in [0.25, 0.3) is 0 Å². The smallest absolute Gasteiger partial charge is 0.169 e. The van der Waals surface area contributed by atoms with E-state index in [0.717, 1.165) is 5.75 Å². The molecular formula is C17H14Cl2FNOS. The molecule has 0 amide bonds. The Bertz CT molecular complexity index is 712. The molecule has 0 aliphatic rings. The second kappa shape index (κ2) is 8.48. The van der Waals surface area contributed by atoms with Crippen molar-refractivity contribution in [2.75, 3.05) is 5.75 Å². The fraction of sp³-hybridized carbons (Fsp3) is 0.176. The summed E-state index contributed by atoms with van der Waals surface area (Å²) in [5, 5.41) is 1.48. The number of rotatable bonds is 5. The number of hydrogen-bond donors (Lipinski definition) is 0. The van der Waals surface area contributed by atoms with Gasteiger partial charge in [0, 0.05) is 5.56 Å². The fourth-order valence-electron chi connectivity index (χ4n) is 1.89. The highest BCUT2D eigenvalue weighted by Crippen LogP contribution is 2.34. The van der Waals surface area contributed by atoms with Gasteiger partial charge < -0.3 is 0 Å². The number of ketones is 1. The normalized spacial score (nSPS) is 11.6. The van der Waals surface area contributed by atoms with Crippen molar-refractivity contribution in [3.05, 3.63) is 63.9 Å². The maximum Gasteiger partial charge on any atom is 0.169 e. The van der Waals surface area contributed by atoms with Gasteiger partial charge in [-0.25, -0.2) is 9.38 Å². The molecule has 2 rings (SSSR count). The van der Waals surface area contributed by atoms with Crippen LogP contribution in [0, 0.1) is 5.82 Å². The van der Waals surface area contributed by atoms with Crippen molar-refractivity contribution >= 4 is 51.5 Å². The number of benzene rings is 2. The zero-order chi connectivity index (χ0) is 16.8. The van der Waals surface area contributed by atoms with Crippen molar-refractivity contribution in [2.45, 2.75) is 13.3 Å². The lowest BCUT2D eigenvalue weighted by Crippen LogP contribution is -2.06. The Balaban J connectivity index is 2.26. The first kappa shape index (κ1) is 18.0. The Kier molecular flexibility index (Phi) is 6.63. The third-order valence-electron chi connectivity index (χ3n) is 2.96. The Labute approximate surface area is 148 Å². The van der Waals surface area contributed by atoms with Crippen molar-refractivity contribution in [3.63, 3.8) is 0 Å². The monoisotopic (exact) mass is 369 g/mol. The van der Waals surface area contributed by atoms with Gasteiger partial charge in [0.2, 0.25) is 0 Å². The Morgan fingerprint density at radius 1 is 1.13 bits per heavy atom. The number of Topliss-reactive ketones (excluding diaryl/α,β-unsaturated/α-hetero) is 1. The highest BCUT2D eigenvalue weighted by Gasteiger charge is 2.13. The van der Waals surface area contributed by atoms with Crippen molar-refractivity contribution in [1.82, 2.24) is 0 Å². The van der Waals surface area contributed by atoms with Crippen molar-refractivity contribution in [1.29, 1.82) is 0 Å². The molecule has 0 N–H and O–H groups in total. The summed E-state index contributed by atoms with van der Waals surface area (Å²) in [4.78, 5) is 16.8. The van der Waals surface area contributed by atoms with Crippen molar-refractivity contribution in [2.24, 2.45) is 4.99 Å². The minimum atomic E-state index is -0.374. The first-order valence-electron chi connectivity index (χ1n) is 6.94. The summed E-state index contributed by atoms with van der Waals surface area (Å²) >= 11 is 13.7. The van der Waals surface area contributed by atoms with E-state index in [1.165, 1.54) is 36.0 Å². The summed E-state index contributed by atoms with van der Waals surface area (Å²) in [5.41, 5.74) is 0.903. The molecule has 0 saturated carbocycles. The van der Waals surface area contributed by atoms with E-state index in [4.69, 9.17) is 23.2 Å². The zero-order valence-electron chi connectivity index (χ0n) is 12.4. The minimum absolute atomic E-state index is 0.117. The van der Waals surface area contributed by atoms with Crippen LogP contribution in [0.2, 0.25) is 10.0 Å². The molecule has 0 unspecified atom stereocenters. The molecule has 0 spiro atoms. The van der Waals surface area contributed by atoms with Crippen LogP contribution in [0.25, 0.3) is 0 Å². The topological polar surface area (TPSA) is 29.4 Å². The molecule has 0 aliphatic carbocycles. The van der Waals surface area contributed by atoms with Crippen LogP contribution in [0.3, 0.4) is 0 Å². The third-order valence-corrected chi connectivity index (χ3v) is 4.43. The second-order valence-electron chi connectivity index (χ2n) is 4.62. The number of hydrogen-bond acceptors (Lipinski definition) is 3. The lowest BCUT2D eigenvalue weighted by Gasteiger charge is -2.07. The van der Waals surface area contributed by atoms with Gasteiger partial charge in [-0.15, -0.1) is 11.8 Å². The molecular weight excluding hydrogens is 356 g/mol. The van der Waals surface area contributed by atoms with Gasteiger partial charge >= 0.3 is 0 Å². The average molecular weight is 370 g/mol. The quantitative estimate of drug-likeness (QED) is 0.357. The van der Waals surface area contributed by atoms with Crippen LogP contribution in [-0.4, -0.2) is 16.6 Å². The fourth-order valence-corrected chi connectivity index (χ4v) is 3.09. The Hall–Kier alpha value is -1.36. The first-order valence-corrected chi connectivity index (χ1v) is 8.68. The number of aliphatic imine (C=N–C) groups is 1. The maximum absolute atomic E-state index is 12.9. The van der Waals surface area contributed by atoms with E-state index in [9.17, 15) is 9.18 Å². The molecule has 2 aromatic carbocycles. The van der Waals surface area contributed by atoms with Gasteiger partial charge in [-0.1, -0.05) is 36.2 Å². The summed E-state index contributed by atoms with van der Waals surface area (Å²) < 4.78 is 12.9. The van der Waals surface area contributed by atoms with Crippen LogP contribution in [0.1, 0.15) is 23.7 Å². The molecule has 0 atom stereocenters. The number of carbonyl (C=O) groups excluding carboxylic acids is 1. The van der Waals surface area contributed by atoms with Crippen LogP contribution >= 0.6 is 35.0 Å². The van der Waals surface area contributed by atoms with E-state index < -0.39 is 0 Å². The van der Waals surface area contributed by atoms with E-state index in [2.05, 4.69) is 4.99 Å². The highest BCUT2D eigenvalue weighted by atomic mass is 35.5. The number of thioether (sulfide) groups is 1. The first-order chi connectivity index (χ1) is 11.0. The van der Waals surface area contributed by atoms with Gasteiger partial charge in [0.15, 0.2) is 5.78 Å². The maximum atomic E-state index is 12.9. The summed E-state index contributed by atoms with van der Waals surface area (Å²) in [6.45, 7) is 1.97. The summed E-state index contributed by atoms with van der Waals surface area (Å²) in [6.07, 6.45) is 0.117. The van der Waals surface area contributed by atoms with Crippen LogP contribution < -0.4 is 0 Å². The molecule has 120 valence electrons. The zero-order valence-corrected chi connectivity index (χ0v) is 14.7. The average Bonchev–Trinajstić information content (AvgIpc) is 2.51. The van der Waals surface area contributed by atoms with E-state index in [1.807, 2.05) is 6.92 Å². The van der Waals surface area contributed by atoms with Crippen molar-refractivity contribution < 1.29 is 9.18 Å². The molecule has 0 fully saturated rings. The molecule has 2 nitrogen and oxygen atoms in total. The number of halogens is 3. The van der Waals surface area contributed by atoms with Gasteiger partial charge in [-0.2, -0.15) is 0 Å². The van der Waals surface area contributed by atoms with Gasteiger partial charge in [0.05, 0.1) is 21.5 Å². The molecule has 0 bridgehead atoms. The van der Waals surface area contributed by atoms with E-state index >= 15 is 0 Å². The minimum Gasteiger partial charge on any atom is -0.294 e. The number of nitrogens with zero attached hydrogens (tertiary/aromatic N) is 1. The SMILES string of the molecule is CCSC(CC(=O)c1ccc(F)cc1)=Nc1c(Cl)cccc1Cl. The molecule has 0 aliphatic heterocycles. The third kappa shape index (κ3) is 5.06. The molecule has 0 saturated heterocycles. The second-order valence-corrected chi connectivity index (χ2v) is 6.77. The van der Waals surface area contributed by atoms with Crippen molar-refractivity contribution in [3.8, 4) is 0 Å². The van der Waals surface area contributed by atoms with Crippen LogP contribution in [0.4, 0.5) is 10.1 Å². The lowest BCUT2D eigenvalue weighted by atomic mass is 10.1. The van der Waals surface area contributed by atoms with Gasteiger partial charge in [-0.3, -0.25) is 4.79 Å². The standard InChI is InChI=1S/C17H14Cl2FNOS/c1-2-23-16(21-17-13(18)4-3-5-14(17)19)10-15(22)11-6-8-12(20)9-7-11/h3-9H,2,10H2,1H3. The van der Waals surface area contributed by atoms with Crippen LogP contribution in [0.15, 0.2) is 47.5 Å². The Morgan fingerprint density at radius 3 is 2.30 bits per heavy atom. The molecule has 2 aromatic rings. The predicted octanol–water partition coefficient (Wildman–Crippen LogP) is 6.19. The van der Waals surface area contributed by atoms with E-state index in [1.54, 1.807) is 18.2 Å². The Morgan fingerprint density at radius 2 is 1.74 bits per heavy atom. The van der Waals surface area contributed by atoms with Crippen LogP contribution in [-0.2, 0) is 0 Å². The van der Waals surface area contributed by atoms with E-state index in [-0.39, 0.29) is 18.0 Å². The molecule has 0 radical (unpaired) electrons. The van der Waals surface area contributed by atoms with Crippen LogP contribution in [0.5, 0.6) is 0 Å². The predicted molar refractivity (Wildman–Crippen MR) is 97.0 cm³/mol. The van der Waals surface area contributed by atoms with Gasteiger partial charge in [-0.05, 0) is 42.2 Å². The molecule has 23 heavy (non-hydrogen) atoms. The molecule has 6 heteroatoms. The number of para-hydroxylation sites is 1. The largest absolute Gasteiger partial charge is 0.294 e. The lowest BCUT2D eigenvalue weighted by molar-refractivity contribution is 0.100. The molecule has 0 heterocycles. The number of carbonyl (C=O) groups is 1. The van der Waals surface area contributed by atoms with Gasteiger partial charge in [0.1, 0.15) is 11.5 Å². The summed E-state index contributed by atoms with van der Waals surface area (Å²) in [7, 11) is 0. The summed E-state index contributed by atoms with van der Waals surface area (Å²) in [6, 6.07) is 10.6. The van der Waals surface area contributed by atoms with E-state index in [0.29, 0.717) is 26.3 Å².